The van der Waals surface area contributed by atoms with Gasteiger partial charge in [0.25, 0.3) is 0 Å². The topological polar surface area (TPSA) is 50.4 Å². The average molecular weight is 228 g/mol. The molecule has 0 aromatic heterocycles. The molecule has 1 rings (SSSR count). The average Bonchev–Trinajstić information content (AvgIpc) is 2.81. The summed E-state index contributed by atoms with van der Waals surface area (Å²) in [5.74, 6) is 0.144. The van der Waals surface area contributed by atoms with E-state index in [2.05, 4.69) is 17.6 Å². The normalized spacial score (nSPS) is 19.9. The van der Waals surface area contributed by atoms with Crippen molar-refractivity contribution in [3.63, 3.8) is 0 Å². The molecule has 1 aliphatic heterocycles. The lowest BCUT2D eigenvalue weighted by molar-refractivity contribution is -0.122. The maximum atomic E-state index is 11.6. The van der Waals surface area contributed by atoms with E-state index in [0.717, 1.165) is 52.0 Å². The van der Waals surface area contributed by atoms with Gasteiger partial charge in [-0.3, -0.25) is 4.79 Å². The highest BCUT2D eigenvalue weighted by Crippen LogP contribution is 2.04. The van der Waals surface area contributed by atoms with Gasteiger partial charge in [-0.05, 0) is 32.2 Å². The molecule has 0 saturated carbocycles. The number of amides is 1. The number of hydrogen-bond acceptors (Lipinski definition) is 3. The van der Waals surface area contributed by atoms with Crippen molar-refractivity contribution in [1.82, 2.24) is 10.6 Å². The summed E-state index contributed by atoms with van der Waals surface area (Å²) in [6.45, 7) is 5.44. The van der Waals surface area contributed by atoms with E-state index in [1.165, 1.54) is 6.42 Å². The second-order valence-electron chi connectivity index (χ2n) is 4.26. The predicted molar refractivity (Wildman–Crippen MR) is 64.4 cm³/mol. The first kappa shape index (κ1) is 13.5. The molecule has 0 bridgehead atoms. The first-order valence-corrected chi connectivity index (χ1v) is 6.43. The Morgan fingerprint density at radius 1 is 1.44 bits per heavy atom. The molecule has 2 N–H and O–H groups in total. The van der Waals surface area contributed by atoms with Crippen molar-refractivity contribution in [1.29, 1.82) is 0 Å². The number of nitrogens with one attached hydrogen (secondary N) is 2. The molecule has 1 amide bonds. The molecule has 0 aromatic rings. The third-order valence-corrected chi connectivity index (χ3v) is 2.78. The Balaban J connectivity index is 1.88. The van der Waals surface area contributed by atoms with Gasteiger partial charge in [0.15, 0.2) is 0 Å². The van der Waals surface area contributed by atoms with E-state index in [0.29, 0.717) is 0 Å². The van der Waals surface area contributed by atoms with Crippen LogP contribution >= 0.6 is 0 Å². The number of carbonyl (C=O) groups is 1. The molecule has 0 spiro atoms. The molecule has 0 aliphatic carbocycles. The van der Waals surface area contributed by atoms with Crippen LogP contribution in [0, 0.1) is 0 Å². The molecule has 16 heavy (non-hydrogen) atoms. The zero-order valence-corrected chi connectivity index (χ0v) is 10.3. The van der Waals surface area contributed by atoms with E-state index < -0.39 is 0 Å². The van der Waals surface area contributed by atoms with Gasteiger partial charge in [0.1, 0.15) is 0 Å². The Morgan fingerprint density at radius 3 is 2.94 bits per heavy atom. The summed E-state index contributed by atoms with van der Waals surface area (Å²) < 4.78 is 5.41. The summed E-state index contributed by atoms with van der Waals surface area (Å²) in [5, 5.41) is 6.12. The molecule has 4 heteroatoms. The summed E-state index contributed by atoms with van der Waals surface area (Å²) in [7, 11) is 0. The Bertz CT molecular complexity index is 191. The van der Waals surface area contributed by atoms with E-state index in [9.17, 15) is 4.79 Å². The molecule has 0 radical (unpaired) electrons. The largest absolute Gasteiger partial charge is 0.381 e. The summed E-state index contributed by atoms with van der Waals surface area (Å²) in [6, 6.07) is 0.0426. The molecule has 1 aliphatic rings. The van der Waals surface area contributed by atoms with Crippen molar-refractivity contribution in [2.24, 2.45) is 0 Å². The second-order valence-corrected chi connectivity index (χ2v) is 4.26. The molecule has 0 unspecified atom stereocenters. The molecule has 4 nitrogen and oxygen atoms in total. The van der Waals surface area contributed by atoms with Gasteiger partial charge in [-0.1, -0.05) is 13.3 Å². The lowest BCUT2D eigenvalue weighted by Crippen LogP contribution is -2.40. The van der Waals surface area contributed by atoms with Crippen molar-refractivity contribution in [2.45, 2.75) is 45.1 Å². The molecule has 0 aromatic carbocycles. The quantitative estimate of drug-likeness (QED) is 0.611. The van der Waals surface area contributed by atoms with E-state index in [4.69, 9.17) is 4.74 Å². The third kappa shape index (κ3) is 5.47. The van der Waals surface area contributed by atoms with Crippen LogP contribution in [0.3, 0.4) is 0 Å². The minimum Gasteiger partial charge on any atom is -0.381 e. The van der Waals surface area contributed by atoms with Crippen LogP contribution < -0.4 is 10.6 Å². The summed E-state index contributed by atoms with van der Waals surface area (Å²) in [5.41, 5.74) is 0. The molecular weight excluding hydrogens is 204 g/mol. The van der Waals surface area contributed by atoms with Crippen molar-refractivity contribution in [2.75, 3.05) is 26.3 Å². The van der Waals surface area contributed by atoms with Crippen LogP contribution in [0.1, 0.15) is 39.0 Å². The third-order valence-electron chi connectivity index (χ3n) is 2.78. The van der Waals surface area contributed by atoms with Crippen molar-refractivity contribution >= 4 is 5.91 Å². The van der Waals surface area contributed by atoms with E-state index in [1.54, 1.807) is 0 Å². The first-order valence-electron chi connectivity index (χ1n) is 6.43. The lowest BCUT2D eigenvalue weighted by atomic mass is 10.2. The molecular formula is C12H24N2O2. The fourth-order valence-corrected chi connectivity index (χ4v) is 1.77. The van der Waals surface area contributed by atoms with E-state index in [1.807, 2.05) is 0 Å². The van der Waals surface area contributed by atoms with Crippen molar-refractivity contribution in [3.05, 3.63) is 0 Å². The van der Waals surface area contributed by atoms with Crippen LogP contribution in [0.4, 0.5) is 0 Å². The van der Waals surface area contributed by atoms with Crippen LogP contribution in [0.2, 0.25) is 0 Å². The van der Waals surface area contributed by atoms with Gasteiger partial charge in [-0.15, -0.1) is 0 Å². The van der Waals surface area contributed by atoms with Gasteiger partial charge < -0.3 is 15.4 Å². The van der Waals surface area contributed by atoms with Crippen LogP contribution in [0.15, 0.2) is 0 Å². The summed E-state index contributed by atoms with van der Waals surface area (Å²) in [6.07, 6.45) is 5.28. The first-order chi connectivity index (χ1) is 7.84. The Morgan fingerprint density at radius 2 is 2.25 bits per heavy atom. The maximum Gasteiger partial charge on any atom is 0.237 e. The number of carbonyl (C=O) groups excluding carboxylic acids is 1. The predicted octanol–water partition coefficient (Wildman–Crippen LogP) is 1.06. The van der Waals surface area contributed by atoms with Gasteiger partial charge >= 0.3 is 0 Å². The summed E-state index contributed by atoms with van der Waals surface area (Å²) >= 11 is 0. The number of hydrogen-bond donors (Lipinski definition) is 2. The minimum atomic E-state index is 0.0426. The Labute approximate surface area is 98.1 Å². The summed E-state index contributed by atoms with van der Waals surface area (Å²) in [4.78, 5) is 11.6. The van der Waals surface area contributed by atoms with E-state index in [-0.39, 0.29) is 11.9 Å². The van der Waals surface area contributed by atoms with E-state index >= 15 is 0 Å². The van der Waals surface area contributed by atoms with Gasteiger partial charge in [0.05, 0.1) is 6.04 Å². The fraction of sp³-hybridized carbons (Fsp3) is 0.917. The number of ether oxygens (including phenoxy) is 1. The standard InChI is InChI=1S/C12H24N2O2/c1-2-3-9-16-10-5-8-14-12(15)11-6-4-7-13-11/h11,13H,2-10H2,1H3,(H,14,15)/t11-/m0/s1. The minimum absolute atomic E-state index is 0.0426. The second kappa shape index (κ2) is 8.53. The molecule has 1 heterocycles. The SMILES string of the molecule is CCCCOCCCNC(=O)[C@@H]1CCCN1. The monoisotopic (exact) mass is 228 g/mol. The highest BCUT2D eigenvalue weighted by Gasteiger charge is 2.20. The zero-order valence-electron chi connectivity index (χ0n) is 10.3. The van der Waals surface area contributed by atoms with Crippen LogP contribution in [0.25, 0.3) is 0 Å². The number of rotatable bonds is 8. The molecule has 1 atom stereocenters. The Hall–Kier alpha value is -0.610. The smallest absolute Gasteiger partial charge is 0.237 e. The van der Waals surface area contributed by atoms with Gasteiger partial charge in [0, 0.05) is 19.8 Å². The highest BCUT2D eigenvalue weighted by atomic mass is 16.5. The molecule has 1 saturated heterocycles. The fourth-order valence-electron chi connectivity index (χ4n) is 1.77. The van der Waals surface area contributed by atoms with Crippen LogP contribution in [0.5, 0.6) is 0 Å². The lowest BCUT2D eigenvalue weighted by Gasteiger charge is -2.10. The van der Waals surface area contributed by atoms with Crippen LogP contribution in [-0.2, 0) is 9.53 Å². The van der Waals surface area contributed by atoms with Gasteiger partial charge in [-0.2, -0.15) is 0 Å². The highest BCUT2D eigenvalue weighted by molar-refractivity contribution is 5.81. The van der Waals surface area contributed by atoms with Crippen molar-refractivity contribution < 1.29 is 9.53 Å². The molecule has 1 fully saturated rings. The molecule has 94 valence electrons. The maximum absolute atomic E-state index is 11.6. The number of unbranched alkanes of at least 4 members (excludes halogenated alkanes) is 1. The Kier molecular flexibility index (Phi) is 7.17. The van der Waals surface area contributed by atoms with Gasteiger partial charge in [0.2, 0.25) is 5.91 Å². The van der Waals surface area contributed by atoms with Crippen molar-refractivity contribution in [3.8, 4) is 0 Å². The van der Waals surface area contributed by atoms with Gasteiger partial charge in [-0.25, -0.2) is 0 Å². The zero-order chi connectivity index (χ0) is 11.6. The van der Waals surface area contributed by atoms with Crippen LogP contribution in [-0.4, -0.2) is 38.3 Å².